The lowest BCUT2D eigenvalue weighted by Crippen LogP contribution is -2.42. The number of aromatic nitrogens is 3. The number of nitrogens with one attached hydrogen (secondary N) is 2. The highest BCUT2D eigenvalue weighted by molar-refractivity contribution is 7.99. The van der Waals surface area contributed by atoms with E-state index in [0.29, 0.717) is 5.16 Å². The summed E-state index contributed by atoms with van der Waals surface area (Å²) in [5.41, 5.74) is 5.42. The van der Waals surface area contributed by atoms with Crippen LogP contribution >= 0.6 is 11.8 Å². The van der Waals surface area contributed by atoms with E-state index in [1.54, 1.807) is 11.0 Å². The van der Waals surface area contributed by atoms with Gasteiger partial charge in [0.2, 0.25) is 11.1 Å². The van der Waals surface area contributed by atoms with Gasteiger partial charge in [-0.15, -0.1) is 5.10 Å². The summed E-state index contributed by atoms with van der Waals surface area (Å²) in [5.74, 6) is -1.03. The van der Waals surface area contributed by atoms with Gasteiger partial charge < -0.3 is 0 Å². The highest BCUT2D eigenvalue weighted by Crippen LogP contribution is 2.14. The smallest absolute Gasteiger partial charge is 0.269 e. The Labute approximate surface area is 163 Å². The number of nitrogens with zero attached hydrogens (tertiary/aromatic N) is 4. The molecular weight excluding hydrogens is 384 g/mol. The van der Waals surface area contributed by atoms with E-state index in [9.17, 15) is 19.7 Å². The molecule has 28 heavy (non-hydrogen) atoms. The van der Waals surface area contributed by atoms with Gasteiger partial charge in [0.05, 0.1) is 16.4 Å². The average molecular weight is 398 g/mol. The molecule has 2 aromatic carbocycles. The fourth-order valence-corrected chi connectivity index (χ4v) is 2.72. The molecule has 0 unspecified atom stereocenters. The van der Waals surface area contributed by atoms with E-state index in [1.807, 2.05) is 30.3 Å². The lowest BCUT2D eigenvalue weighted by atomic mass is 10.2. The van der Waals surface area contributed by atoms with Crippen LogP contribution in [0.1, 0.15) is 10.4 Å². The van der Waals surface area contributed by atoms with Crippen molar-refractivity contribution in [1.29, 1.82) is 0 Å². The van der Waals surface area contributed by atoms with E-state index in [4.69, 9.17) is 0 Å². The van der Waals surface area contributed by atoms with Gasteiger partial charge in [0.1, 0.15) is 6.33 Å². The minimum Gasteiger partial charge on any atom is -0.272 e. The highest BCUT2D eigenvalue weighted by Gasteiger charge is 2.11. The largest absolute Gasteiger partial charge is 0.272 e. The summed E-state index contributed by atoms with van der Waals surface area (Å²) >= 11 is 1.12. The molecule has 0 atom stereocenters. The molecule has 11 heteroatoms. The molecule has 0 fully saturated rings. The van der Waals surface area contributed by atoms with Gasteiger partial charge in [-0.05, 0) is 24.3 Å². The van der Waals surface area contributed by atoms with Crippen LogP contribution in [0.4, 0.5) is 5.69 Å². The predicted molar refractivity (Wildman–Crippen MR) is 101 cm³/mol. The lowest BCUT2D eigenvalue weighted by Gasteiger charge is -2.06. The molecule has 0 saturated carbocycles. The molecule has 3 aromatic rings. The molecule has 0 aliphatic rings. The van der Waals surface area contributed by atoms with Crippen LogP contribution in [0.2, 0.25) is 0 Å². The first kappa shape index (κ1) is 19.0. The zero-order valence-corrected chi connectivity index (χ0v) is 15.1. The van der Waals surface area contributed by atoms with Crippen LogP contribution in [-0.4, -0.2) is 37.3 Å². The van der Waals surface area contributed by atoms with Crippen LogP contribution in [0.15, 0.2) is 66.1 Å². The Kier molecular flexibility index (Phi) is 5.97. The molecular formula is C17H14N6O4S. The van der Waals surface area contributed by atoms with Crippen LogP contribution in [0.25, 0.3) is 5.69 Å². The summed E-state index contributed by atoms with van der Waals surface area (Å²) in [7, 11) is 0. The predicted octanol–water partition coefficient (Wildman–Crippen LogP) is 1.73. The lowest BCUT2D eigenvalue weighted by molar-refractivity contribution is -0.384. The van der Waals surface area contributed by atoms with Gasteiger partial charge in [-0.2, -0.15) is 0 Å². The quantitative estimate of drug-likeness (QED) is 0.367. The van der Waals surface area contributed by atoms with Crippen LogP contribution < -0.4 is 10.9 Å². The Bertz CT molecular complexity index is 990. The number of nitro groups is 1. The fraction of sp³-hybridized carbons (Fsp3) is 0.0588. The number of non-ortho nitro benzene ring substituents is 1. The van der Waals surface area contributed by atoms with E-state index >= 15 is 0 Å². The molecule has 3 rings (SSSR count). The normalized spacial score (nSPS) is 10.3. The third-order valence-corrected chi connectivity index (χ3v) is 4.33. The molecule has 1 heterocycles. The maximum Gasteiger partial charge on any atom is 0.269 e. The summed E-state index contributed by atoms with van der Waals surface area (Å²) in [6, 6.07) is 14.4. The van der Waals surface area contributed by atoms with Gasteiger partial charge in [0.15, 0.2) is 0 Å². The van der Waals surface area contributed by atoms with Gasteiger partial charge in [0.25, 0.3) is 11.6 Å². The molecule has 2 N–H and O–H groups in total. The second-order valence-electron chi connectivity index (χ2n) is 5.40. The van der Waals surface area contributed by atoms with Gasteiger partial charge in [0, 0.05) is 17.7 Å². The first-order chi connectivity index (χ1) is 13.5. The number of benzene rings is 2. The summed E-state index contributed by atoms with van der Waals surface area (Å²) in [6.07, 6.45) is 1.55. The molecule has 0 bridgehead atoms. The Morgan fingerprint density at radius 2 is 1.79 bits per heavy atom. The summed E-state index contributed by atoms with van der Waals surface area (Å²) < 4.78 is 1.59. The Hall–Kier alpha value is -3.73. The third-order valence-electron chi connectivity index (χ3n) is 3.48. The second kappa shape index (κ2) is 8.77. The second-order valence-corrected chi connectivity index (χ2v) is 6.34. The number of hydrogen-bond acceptors (Lipinski definition) is 7. The van der Waals surface area contributed by atoms with Crippen molar-refractivity contribution in [3.05, 3.63) is 76.6 Å². The third kappa shape index (κ3) is 4.92. The van der Waals surface area contributed by atoms with E-state index < -0.39 is 16.7 Å². The maximum atomic E-state index is 11.9. The number of thioether (sulfide) groups is 1. The SMILES string of the molecule is O=C(CSc1ncn(-c2ccccc2)n1)NNC(=O)c1ccc([N+](=O)[O-])cc1. The molecule has 0 spiro atoms. The maximum absolute atomic E-state index is 11.9. The van der Waals surface area contributed by atoms with Crippen molar-refractivity contribution in [2.75, 3.05) is 5.75 Å². The van der Waals surface area contributed by atoms with Crippen molar-refractivity contribution in [3.63, 3.8) is 0 Å². The van der Waals surface area contributed by atoms with E-state index in [2.05, 4.69) is 20.9 Å². The van der Waals surface area contributed by atoms with Gasteiger partial charge >= 0.3 is 0 Å². The topological polar surface area (TPSA) is 132 Å². The Morgan fingerprint density at radius 1 is 1.07 bits per heavy atom. The number of amides is 2. The molecule has 1 aromatic heterocycles. The number of rotatable bonds is 6. The van der Waals surface area contributed by atoms with Gasteiger partial charge in [-0.3, -0.25) is 30.6 Å². The van der Waals surface area contributed by atoms with Gasteiger partial charge in [-0.1, -0.05) is 30.0 Å². The Morgan fingerprint density at radius 3 is 2.46 bits per heavy atom. The molecule has 0 radical (unpaired) electrons. The van der Waals surface area contributed by atoms with Crippen LogP contribution in [-0.2, 0) is 4.79 Å². The number of carbonyl (C=O) groups excluding carboxylic acids is 2. The zero-order chi connectivity index (χ0) is 19.9. The minimum absolute atomic E-state index is 0.000650. The van der Waals surface area contributed by atoms with Crippen molar-refractivity contribution < 1.29 is 14.5 Å². The van der Waals surface area contributed by atoms with Crippen LogP contribution in [0.3, 0.4) is 0 Å². The van der Waals surface area contributed by atoms with E-state index in [0.717, 1.165) is 17.4 Å². The number of hydrazine groups is 1. The number of hydrogen-bond donors (Lipinski definition) is 2. The number of nitro benzene ring substituents is 1. The van der Waals surface area contributed by atoms with Crippen molar-refractivity contribution in [2.45, 2.75) is 5.16 Å². The first-order valence-electron chi connectivity index (χ1n) is 7.96. The van der Waals surface area contributed by atoms with Crippen molar-refractivity contribution >= 4 is 29.3 Å². The molecule has 0 aliphatic heterocycles. The van der Waals surface area contributed by atoms with E-state index in [1.165, 1.54) is 24.3 Å². The van der Waals surface area contributed by atoms with Crippen LogP contribution in [0, 0.1) is 10.1 Å². The fourth-order valence-electron chi connectivity index (χ4n) is 2.12. The summed E-state index contributed by atoms with van der Waals surface area (Å²) in [6.45, 7) is 0. The van der Waals surface area contributed by atoms with Crippen molar-refractivity contribution in [2.24, 2.45) is 0 Å². The Balaban J connectivity index is 1.46. The molecule has 0 saturated heterocycles. The van der Waals surface area contributed by atoms with Gasteiger partial charge in [-0.25, -0.2) is 9.67 Å². The van der Waals surface area contributed by atoms with E-state index in [-0.39, 0.29) is 17.0 Å². The monoisotopic (exact) mass is 398 g/mol. The molecule has 0 aliphatic carbocycles. The molecule has 2 amide bonds. The zero-order valence-electron chi connectivity index (χ0n) is 14.3. The molecule has 142 valence electrons. The molecule has 10 nitrogen and oxygen atoms in total. The average Bonchev–Trinajstić information content (AvgIpc) is 3.20. The first-order valence-corrected chi connectivity index (χ1v) is 8.95. The van der Waals surface area contributed by atoms with Crippen LogP contribution in [0.5, 0.6) is 0 Å². The minimum atomic E-state index is -0.584. The van der Waals surface area contributed by atoms with Crippen molar-refractivity contribution in [3.8, 4) is 5.69 Å². The highest BCUT2D eigenvalue weighted by atomic mass is 32.2. The number of carbonyl (C=O) groups is 2. The summed E-state index contributed by atoms with van der Waals surface area (Å²) in [4.78, 5) is 38.0. The van der Waals surface area contributed by atoms with Crippen molar-refractivity contribution in [1.82, 2.24) is 25.6 Å². The number of para-hydroxylation sites is 1. The standard InChI is InChI=1S/C17H14N6O4S/c24-15(19-20-16(25)12-6-8-14(9-7-12)23(26)27)10-28-17-18-11-22(21-17)13-4-2-1-3-5-13/h1-9,11H,10H2,(H,19,24)(H,20,25). The summed E-state index contributed by atoms with van der Waals surface area (Å²) in [5, 5.41) is 15.3.